The molecule has 0 atom stereocenters. The monoisotopic (exact) mass is 138 g/mol. The largest absolute Gasteiger partial charge is 0.351 e. The fourth-order valence-corrected chi connectivity index (χ4v) is 0.428. The topological polar surface area (TPSA) is 24.4 Å². The molecule has 0 spiro atoms. The summed E-state index contributed by atoms with van der Waals surface area (Å²) in [6, 6.07) is 0. The van der Waals surface area contributed by atoms with Gasteiger partial charge in [0.1, 0.15) is 5.84 Å². The third kappa shape index (κ3) is 5.09. The van der Waals surface area contributed by atoms with Crippen molar-refractivity contribution in [3.05, 3.63) is 24.6 Å². The van der Waals surface area contributed by atoms with E-state index in [4.69, 9.17) is 0 Å². The predicted molar refractivity (Wildman–Crippen MR) is 45.9 cm³/mol. The van der Waals surface area contributed by atoms with Crippen LogP contribution in [0.25, 0.3) is 0 Å². The molecule has 1 N–H and O–H groups in total. The lowest BCUT2D eigenvalue weighted by atomic mass is 10.6. The molecule has 0 heterocycles. The average molecular weight is 138 g/mol. The molecule has 0 saturated heterocycles. The highest BCUT2D eigenvalue weighted by Crippen LogP contribution is 1.76. The Kier molecular flexibility index (Phi) is 5.44. The van der Waals surface area contributed by atoms with Gasteiger partial charge >= 0.3 is 0 Å². The molecule has 10 heavy (non-hydrogen) atoms. The second kappa shape index (κ2) is 6.08. The van der Waals surface area contributed by atoms with E-state index in [1.807, 2.05) is 39.1 Å². The third-order valence-corrected chi connectivity index (χ3v) is 0.876. The summed E-state index contributed by atoms with van der Waals surface area (Å²) in [4.78, 5) is 4.05. The fraction of sp³-hybridized carbons (Fsp3) is 0.375. The first-order valence-electron chi connectivity index (χ1n) is 3.34. The number of aliphatic imine (C=N–C) groups is 1. The molecular formula is C8H14N2. The van der Waals surface area contributed by atoms with Crippen molar-refractivity contribution < 1.29 is 0 Å². The Hall–Kier alpha value is -1.05. The number of nitrogens with one attached hydrogen (secondary N) is 1. The van der Waals surface area contributed by atoms with Gasteiger partial charge in [0.15, 0.2) is 0 Å². The molecular weight excluding hydrogens is 124 g/mol. The van der Waals surface area contributed by atoms with Gasteiger partial charge in [-0.1, -0.05) is 12.2 Å². The van der Waals surface area contributed by atoms with E-state index < -0.39 is 0 Å². The van der Waals surface area contributed by atoms with E-state index in [-0.39, 0.29) is 0 Å². The third-order valence-electron chi connectivity index (χ3n) is 0.876. The summed E-state index contributed by atoms with van der Waals surface area (Å²) in [6.45, 7) is 5.81. The molecule has 0 aliphatic rings. The Balaban J connectivity index is 3.70. The molecule has 0 aromatic carbocycles. The summed E-state index contributed by atoms with van der Waals surface area (Å²) in [5, 5.41) is 2.99. The fourth-order valence-electron chi connectivity index (χ4n) is 0.428. The number of hydrogen-bond acceptors (Lipinski definition) is 1. The van der Waals surface area contributed by atoms with Crippen LogP contribution in [0.5, 0.6) is 0 Å². The maximum absolute atomic E-state index is 4.05. The summed E-state index contributed by atoms with van der Waals surface area (Å²) in [5.74, 6) is 0.899. The first-order chi connectivity index (χ1) is 4.81. The van der Waals surface area contributed by atoms with Crippen LogP contribution in [0.2, 0.25) is 0 Å². The summed E-state index contributed by atoms with van der Waals surface area (Å²) < 4.78 is 0. The minimum atomic E-state index is 0.899. The Labute approximate surface area is 62.4 Å². The number of allylic oxidation sites excluding steroid dienone is 2. The average Bonchev–Trinajstić information content (AvgIpc) is 1.97. The van der Waals surface area contributed by atoms with Crippen LogP contribution >= 0.6 is 0 Å². The van der Waals surface area contributed by atoms with E-state index in [9.17, 15) is 0 Å². The van der Waals surface area contributed by atoms with Crippen LogP contribution in [0.15, 0.2) is 29.5 Å². The lowest BCUT2D eigenvalue weighted by Crippen LogP contribution is -2.11. The van der Waals surface area contributed by atoms with Crippen molar-refractivity contribution in [1.82, 2.24) is 5.32 Å². The van der Waals surface area contributed by atoms with E-state index in [0.29, 0.717) is 0 Å². The predicted octanol–water partition coefficient (Wildman–Crippen LogP) is 2.06. The minimum Gasteiger partial charge on any atom is -0.351 e. The molecule has 0 saturated carbocycles. The number of nitrogens with zero attached hydrogens (tertiary/aromatic N) is 1. The smallest absolute Gasteiger partial charge is 0.102 e. The summed E-state index contributed by atoms with van der Waals surface area (Å²) in [6.07, 6.45) is 7.42. The normalized spacial score (nSPS) is 13.3. The summed E-state index contributed by atoms with van der Waals surface area (Å²) in [7, 11) is 0. The number of rotatable bonds is 2. The number of hydrogen-bond donors (Lipinski definition) is 1. The zero-order valence-corrected chi connectivity index (χ0v) is 6.76. The van der Waals surface area contributed by atoms with E-state index in [1.54, 1.807) is 6.20 Å². The lowest BCUT2D eigenvalue weighted by molar-refractivity contribution is 1.22. The van der Waals surface area contributed by atoms with Gasteiger partial charge in [-0.15, -0.1) is 0 Å². The molecule has 56 valence electrons. The molecule has 0 aromatic heterocycles. The Morgan fingerprint density at radius 1 is 1.30 bits per heavy atom. The maximum atomic E-state index is 4.05. The van der Waals surface area contributed by atoms with Crippen molar-refractivity contribution in [2.75, 3.05) is 0 Å². The zero-order chi connectivity index (χ0) is 7.82. The zero-order valence-electron chi connectivity index (χ0n) is 6.76. The highest BCUT2D eigenvalue weighted by atomic mass is 15.0. The van der Waals surface area contributed by atoms with Gasteiger partial charge in [-0.2, -0.15) is 0 Å². The molecule has 2 heteroatoms. The van der Waals surface area contributed by atoms with Crippen LogP contribution in [0, 0.1) is 0 Å². The van der Waals surface area contributed by atoms with Crippen molar-refractivity contribution >= 4 is 5.84 Å². The van der Waals surface area contributed by atoms with Gasteiger partial charge in [0, 0.05) is 6.20 Å². The van der Waals surface area contributed by atoms with E-state index >= 15 is 0 Å². The van der Waals surface area contributed by atoms with Crippen LogP contribution in [-0.4, -0.2) is 5.84 Å². The van der Waals surface area contributed by atoms with Crippen molar-refractivity contribution in [3.8, 4) is 0 Å². The molecule has 0 radical (unpaired) electrons. The van der Waals surface area contributed by atoms with Gasteiger partial charge in [0.25, 0.3) is 0 Å². The van der Waals surface area contributed by atoms with Crippen molar-refractivity contribution in [2.45, 2.75) is 20.8 Å². The van der Waals surface area contributed by atoms with Gasteiger partial charge in [-0.25, -0.2) is 4.99 Å². The lowest BCUT2D eigenvalue weighted by Gasteiger charge is -1.94. The van der Waals surface area contributed by atoms with Crippen LogP contribution in [0.1, 0.15) is 20.8 Å². The minimum absolute atomic E-state index is 0.899. The highest BCUT2D eigenvalue weighted by molar-refractivity contribution is 5.80. The molecule has 0 amide bonds. The Bertz CT molecular complexity index is 155. The standard InChI is InChI=1S/C8H14N2/c1-4-6-9-8(3)10-7-5-2/h4-7H,1-3H3,(H,9,10). The van der Waals surface area contributed by atoms with Crippen LogP contribution < -0.4 is 5.32 Å². The number of amidine groups is 1. The molecule has 0 aromatic rings. The first-order valence-corrected chi connectivity index (χ1v) is 3.34. The second-order valence-corrected chi connectivity index (χ2v) is 1.84. The van der Waals surface area contributed by atoms with Gasteiger partial charge in [-0.05, 0) is 27.0 Å². The van der Waals surface area contributed by atoms with Crippen molar-refractivity contribution in [1.29, 1.82) is 0 Å². The van der Waals surface area contributed by atoms with Crippen LogP contribution in [0.4, 0.5) is 0 Å². The molecule has 0 bridgehead atoms. The summed E-state index contributed by atoms with van der Waals surface area (Å²) in [5.41, 5.74) is 0. The van der Waals surface area contributed by atoms with E-state index in [1.165, 1.54) is 0 Å². The molecule has 2 nitrogen and oxygen atoms in total. The van der Waals surface area contributed by atoms with Gasteiger partial charge in [0.2, 0.25) is 0 Å². The van der Waals surface area contributed by atoms with Gasteiger partial charge in [0.05, 0.1) is 0 Å². The Morgan fingerprint density at radius 2 is 2.00 bits per heavy atom. The molecule has 0 fully saturated rings. The SMILES string of the molecule is CC=CN=C(C)NC=CC. The maximum Gasteiger partial charge on any atom is 0.102 e. The van der Waals surface area contributed by atoms with Gasteiger partial charge < -0.3 is 5.32 Å². The molecule has 0 aliphatic heterocycles. The van der Waals surface area contributed by atoms with Crippen LogP contribution in [0.3, 0.4) is 0 Å². The summed E-state index contributed by atoms with van der Waals surface area (Å²) >= 11 is 0. The van der Waals surface area contributed by atoms with Crippen molar-refractivity contribution in [2.24, 2.45) is 4.99 Å². The Morgan fingerprint density at radius 3 is 2.50 bits per heavy atom. The van der Waals surface area contributed by atoms with Gasteiger partial charge in [-0.3, -0.25) is 0 Å². The molecule has 0 rings (SSSR count). The first kappa shape index (κ1) is 8.95. The highest BCUT2D eigenvalue weighted by Gasteiger charge is 1.78. The van der Waals surface area contributed by atoms with Crippen molar-refractivity contribution in [3.63, 3.8) is 0 Å². The van der Waals surface area contributed by atoms with Crippen LogP contribution in [-0.2, 0) is 0 Å². The quantitative estimate of drug-likeness (QED) is 0.458. The van der Waals surface area contributed by atoms with E-state index in [2.05, 4.69) is 10.3 Å². The molecule has 0 unspecified atom stereocenters. The molecule has 0 aliphatic carbocycles. The van der Waals surface area contributed by atoms with E-state index in [0.717, 1.165) is 5.84 Å². The second-order valence-electron chi connectivity index (χ2n) is 1.84.